The van der Waals surface area contributed by atoms with Gasteiger partial charge < -0.3 is 5.11 Å². The molecule has 1 aromatic rings. The van der Waals surface area contributed by atoms with Crippen molar-refractivity contribution < 1.29 is 5.11 Å². The second-order valence-corrected chi connectivity index (χ2v) is 7.16. The molecule has 1 saturated carbocycles. The van der Waals surface area contributed by atoms with Crippen molar-refractivity contribution in [1.82, 2.24) is 14.8 Å². The van der Waals surface area contributed by atoms with Gasteiger partial charge in [-0.25, -0.2) is 4.98 Å². The molecule has 3 unspecified atom stereocenters. The molecule has 0 amide bonds. The molecule has 114 valence electrons. The van der Waals surface area contributed by atoms with Crippen molar-refractivity contribution in [3.8, 4) is 0 Å². The number of nitrogens with zero attached hydrogens (tertiary/aromatic N) is 3. The molecule has 1 fully saturated rings. The number of hydrogen-bond donors (Lipinski definition) is 1. The zero-order chi connectivity index (χ0) is 14.8. The maximum Gasteiger partial charge on any atom is 0.138 e. The van der Waals surface area contributed by atoms with E-state index < -0.39 is 0 Å². The van der Waals surface area contributed by atoms with Gasteiger partial charge in [0.05, 0.1) is 6.10 Å². The number of aliphatic hydroxyl groups excluding tert-OH is 1. The van der Waals surface area contributed by atoms with Crippen LogP contribution in [-0.4, -0.2) is 26.0 Å². The maximum atomic E-state index is 10.4. The van der Waals surface area contributed by atoms with Crippen LogP contribution in [0.5, 0.6) is 0 Å². The second-order valence-electron chi connectivity index (χ2n) is 7.16. The first-order valence-electron chi connectivity index (χ1n) is 7.98. The number of aromatic nitrogens is 3. The van der Waals surface area contributed by atoms with Gasteiger partial charge in [-0.3, -0.25) is 4.68 Å². The van der Waals surface area contributed by atoms with Crippen molar-refractivity contribution >= 4 is 0 Å². The molecule has 1 aliphatic carbocycles. The Morgan fingerprint density at radius 2 is 2.15 bits per heavy atom. The highest BCUT2D eigenvalue weighted by molar-refractivity contribution is 4.96. The standard InChI is InChI=1S/C16H29N3O/c1-5-8-19-15(17-11-18-19)10-16(3,4)13-7-6-12(2)9-14(13)20/h11-14,20H,5-10H2,1-4H3. The molecule has 1 N–H and O–H groups in total. The zero-order valence-corrected chi connectivity index (χ0v) is 13.3. The number of aryl methyl sites for hydroxylation is 1. The van der Waals surface area contributed by atoms with Crippen LogP contribution >= 0.6 is 0 Å². The minimum Gasteiger partial charge on any atom is -0.393 e. The Bertz CT molecular complexity index is 427. The molecule has 0 aromatic carbocycles. The average Bonchev–Trinajstić information content (AvgIpc) is 2.76. The molecule has 3 atom stereocenters. The predicted molar refractivity (Wildman–Crippen MR) is 80.3 cm³/mol. The first-order chi connectivity index (χ1) is 9.44. The number of hydrogen-bond acceptors (Lipinski definition) is 3. The van der Waals surface area contributed by atoms with Crippen molar-refractivity contribution in [3.63, 3.8) is 0 Å². The van der Waals surface area contributed by atoms with Crippen molar-refractivity contribution in [2.75, 3.05) is 0 Å². The quantitative estimate of drug-likeness (QED) is 0.901. The van der Waals surface area contributed by atoms with E-state index in [0.717, 1.165) is 38.1 Å². The smallest absolute Gasteiger partial charge is 0.138 e. The Morgan fingerprint density at radius 3 is 2.80 bits per heavy atom. The van der Waals surface area contributed by atoms with Crippen LogP contribution in [0, 0.1) is 17.3 Å². The van der Waals surface area contributed by atoms with Crippen LogP contribution in [-0.2, 0) is 13.0 Å². The molecule has 20 heavy (non-hydrogen) atoms. The van der Waals surface area contributed by atoms with E-state index in [0.29, 0.717) is 11.8 Å². The lowest BCUT2D eigenvalue weighted by atomic mass is 9.66. The lowest BCUT2D eigenvalue weighted by Crippen LogP contribution is -2.40. The summed E-state index contributed by atoms with van der Waals surface area (Å²) in [5.74, 6) is 2.08. The van der Waals surface area contributed by atoms with Crippen molar-refractivity contribution in [1.29, 1.82) is 0 Å². The van der Waals surface area contributed by atoms with Crippen LogP contribution in [0.25, 0.3) is 0 Å². The van der Waals surface area contributed by atoms with Crippen LogP contribution in [0.15, 0.2) is 6.33 Å². The summed E-state index contributed by atoms with van der Waals surface area (Å²) in [5, 5.41) is 14.7. The summed E-state index contributed by atoms with van der Waals surface area (Å²) in [5.41, 5.74) is 0.0675. The topological polar surface area (TPSA) is 50.9 Å². The van der Waals surface area contributed by atoms with Crippen molar-refractivity contribution in [2.24, 2.45) is 17.3 Å². The summed E-state index contributed by atoms with van der Waals surface area (Å²) in [7, 11) is 0. The molecule has 0 bridgehead atoms. The monoisotopic (exact) mass is 279 g/mol. The highest BCUT2D eigenvalue weighted by atomic mass is 16.3. The number of aliphatic hydroxyl groups is 1. The van der Waals surface area contributed by atoms with Gasteiger partial charge in [0.25, 0.3) is 0 Å². The third-order valence-corrected chi connectivity index (χ3v) is 4.83. The number of rotatable bonds is 5. The van der Waals surface area contributed by atoms with Gasteiger partial charge in [-0.05, 0) is 36.5 Å². The van der Waals surface area contributed by atoms with Crippen molar-refractivity contribution in [2.45, 2.75) is 72.4 Å². The molecule has 4 nitrogen and oxygen atoms in total. The van der Waals surface area contributed by atoms with Gasteiger partial charge in [-0.15, -0.1) is 0 Å². The van der Waals surface area contributed by atoms with Gasteiger partial charge >= 0.3 is 0 Å². The summed E-state index contributed by atoms with van der Waals surface area (Å²) >= 11 is 0. The third kappa shape index (κ3) is 3.40. The zero-order valence-electron chi connectivity index (χ0n) is 13.3. The largest absolute Gasteiger partial charge is 0.393 e. The van der Waals surface area contributed by atoms with E-state index in [9.17, 15) is 5.11 Å². The van der Waals surface area contributed by atoms with E-state index in [1.165, 1.54) is 6.42 Å². The van der Waals surface area contributed by atoms with Crippen LogP contribution in [0.1, 0.15) is 59.2 Å². The molecule has 0 saturated heterocycles. The normalized spacial score (nSPS) is 27.8. The first kappa shape index (κ1) is 15.5. The van der Waals surface area contributed by atoms with Gasteiger partial charge in [0.15, 0.2) is 0 Å². The first-order valence-corrected chi connectivity index (χ1v) is 7.98. The Kier molecular flexibility index (Phi) is 4.84. The fourth-order valence-electron chi connectivity index (χ4n) is 3.62. The average molecular weight is 279 g/mol. The summed E-state index contributed by atoms with van der Waals surface area (Å²) in [6, 6.07) is 0. The van der Waals surface area contributed by atoms with Crippen LogP contribution in [0.4, 0.5) is 0 Å². The van der Waals surface area contributed by atoms with Gasteiger partial charge in [-0.1, -0.05) is 34.1 Å². The van der Waals surface area contributed by atoms with E-state index in [-0.39, 0.29) is 11.5 Å². The molecule has 0 radical (unpaired) electrons. The van der Waals surface area contributed by atoms with Crippen LogP contribution in [0.3, 0.4) is 0 Å². The Morgan fingerprint density at radius 1 is 1.40 bits per heavy atom. The van der Waals surface area contributed by atoms with Crippen LogP contribution in [0.2, 0.25) is 0 Å². The fourth-order valence-corrected chi connectivity index (χ4v) is 3.62. The predicted octanol–water partition coefficient (Wildman–Crippen LogP) is 3.05. The van der Waals surface area contributed by atoms with E-state index in [1.54, 1.807) is 6.33 Å². The van der Waals surface area contributed by atoms with E-state index in [2.05, 4.69) is 37.8 Å². The Balaban J connectivity index is 2.08. The van der Waals surface area contributed by atoms with Gasteiger partial charge in [0.1, 0.15) is 12.2 Å². The molecule has 1 aromatic heterocycles. The van der Waals surface area contributed by atoms with E-state index in [1.807, 2.05) is 4.68 Å². The molecule has 4 heteroatoms. The fraction of sp³-hybridized carbons (Fsp3) is 0.875. The minimum atomic E-state index is -0.170. The SMILES string of the molecule is CCCn1ncnc1CC(C)(C)C1CCC(C)CC1O. The molecule has 0 aliphatic heterocycles. The van der Waals surface area contributed by atoms with Gasteiger partial charge in [0.2, 0.25) is 0 Å². The maximum absolute atomic E-state index is 10.4. The van der Waals surface area contributed by atoms with Crippen LogP contribution < -0.4 is 0 Å². The molecule has 1 heterocycles. The molecule has 1 aliphatic rings. The summed E-state index contributed by atoms with van der Waals surface area (Å²) < 4.78 is 2.01. The lowest BCUT2D eigenvalue weighted by molar-refractivity contribution is -0.0135. The van der Waals surface area contributed by atoms with Gasteiger partial charge in [-0.2, -0.15) is 5.10 Å². The van der Waals surface area contributed by atoms with E-state index >= 15 is 0 Å². The lowest BCUT2D eigenvalue weighted by Gasteiger charge is -2.42. The minimum absolute atomic E-state index is 0.0675. The highest BCUT2D eigenvalue weighted by Gasteiger charge is 2.38. The Labute approximate surface area is 122 Å². The van der Waals surface area contributed by atoms with Gasteiger partial charge in [0, 0.05) is 13.0 Å². The molecule has 2 rings (SSSR count). The highest BCUT2D eigenvalue weighted by Crippen LogP contribution is 2.42. The molecule has 0 spiro atoms. The van der Waals surface area contributed by atoms with E-state index in [4.69, 9.17) is 0 Å². The third-order valence-electron chi connectivity index (χ3n) is 4.83. The molecular formula is C16H29N3O. The molecular weight excluding hydrogens is 250 g/mol. The van der Waals surface area contributed by atoms with Crippen molar-refractivity contribution in [3.05, 3.63) is 12.2 Å². The Hall–Kier alpha value is -0.900. The summed E-state index contributed by atoms with van der Waals surface area (Å²) in [6.07, 6.45) is 6.74. The summed E-state index contributed by atoms with van der Waals surface area (Å²) in [4.78, 5) is 4.43. The summed E-state index contributed by atoms with van der Waals surface area (Å²) in [6.45, 7) is 9.85. The second kappa shape index (κ2) is 6.25.